The molecule has 2 N–H and O–H groups in total. The van der Waals surface area contributed by atoms with E-state index in [9.17, 15) is 18.8 Å². The van der Waals surface area contributed by atoms with E-state index in [0.717, 1.165) is 15.9 Å². The van der Waals surface area contributed by atoms with Gasteiger partial charge < -0.3 is 15.2 Å². The zero-order chi connectivity index (χ0) is 26.9. The largest absolute Gasteiger partial charge is 0.463 e. The summed E-state index contributed by atoms with van der Waals surface area (Å²) in [6.45, 7) is 4.82. The molecule has 4 rings (SSSR count). The van der Waals surface area contributed by atoms with Crippen LogP contribution >= 0.6 is 11.3 Å². The Bertz CT molecular complexity index is 1600. The van der Waals surface area contributed by atoms with Gasteiger partial charge in [0, 0.05) is 11.1 Å². The van der Waals surface area contributed by atoms with Crippen LogP contribution in [-0.4, -0.2) is 29.2 Å². The second kappa shape index (κ2) is 10.5. The fourth-order valence-electron chi connectivity index (χ4n) is 4.09. The second-order valence-electron chi connectivity index (χ2n) is 8.42. The van der Waals surface area contributed by atoms with Crippen molar-refractivity contribution in [3.8, 4) is 0 Å². The van der Waals surface area contributed by atoms with Crippen LogP contribution in [0.1, 0.15) is 37.8 Å². The number of nitrogens with zero attached hydrogens (tertiary/aromatic N) is 1. The number of benzene rings is 2. The Balaban J connectivity index is 2.15. The Hall–Kier alpha value is -4.05. The van der Waals surface area contributed by atoms with Crippen LogP contribution in [0.25, 0.3) is 17.5 Å². The van der Waals surface area contributed by atoms with E-state index in [1.165, 1.54) is 42.5 Å². The SMILES string of the molecule is CCOC(=O)C1=C(N)n2c(sc(=Cc3ccccc3F)c2=O)=C(C(=O)OC(C)C)[C@H]1c1ccccc1F. The van der Waals surface area contributed by atoms with E-state index in [1.54, 1.807) is 32.9 Å². The molecule has 7 nitrogen and oxygen atoms in total. The van der Waals surface area contributed by atoms with Gasteiger partial charge in [0.2, 0.25) is 0 Å². The van der Waals surface area contributed by atoms with Crippen LogP contribution < -0.4 is 20.5 Å². The molecule has 0 amide bonds. The standard InChI is InChI=1S/C27H24F2N2O5S/c1-4-35-26(33)21-20(16-10-6-8-12-18(16)29)22(27(34)36-14(2)3)25-31(23(21)30)24(32)19(37-25)13-15-9-5-7-11-17(15)28/h5-14,20H,4,30H2,1-3H3/t20-/m0/s1. The molecule has 10 heteroatoms. The van der Waals surface area contributed by atoms with Gasteiger partial charge in [0.1, 0.15) is 22.1 Å². The molecular formula is C27H24F2N2O5S. The van der Waals surface area contributed by atoms with Crippen LogP contribution in [-0.2, 0) is 19.1 Å². The molecule has 1 aliphatic heterocycles. The number of carbonyl (C=O) groups excluding carboxylic acids is 2. The van der Waals surface area contributed by atoms with Crippen molar-refractivity contribution in [3.63, 3.8) is 0 Å². The molecule has 0 bridgehead atoms. The number of carbonyl (C=O) groups is 2. The van der Waals surface area contributed by atoms with Gasteiger partial charge in [0.05, 0.1) is 34.3 Å². The van der Waals surface area contributed by atoms with Crippen molar-refractivity contribution in [1.82, 2.24) is 4.57 Å². The molecule has 1 aliphatic rings. The first-order valence-corrected chi connectivity index (χ1v) is 12.3. The lowest BCUT2D eigenvalue weighted by Crippen LogP contribution is -2.42. The van der Waals surface area contributed by atoms with E-state index >= 15 is 4.39 Å². The second-order valence-corrected chi connectivity index (χ2v) is 9.45. The van der Waals surface area contributed by atoms with Crippen LogP contribution in [0.4, 0.5) is 8.78 Å². The molecule has 2 heterocycles. The Morgan fingerprint density at radius 2 is 1.70 bits per heavy atom. The molecule has 3 aromatic rings. The highest BCUT2D eigenvalue weighted by molar-refractivity contribution is 7.07. The summed E-state index contributed by atoms with van der Waals surface area (Å²) in [6.07, 6.45) is 0.772. The number of aromatic nitrogens is 1. The number of rotatable bonds is 6. The van der Waals surface area contributed by atoms with Crippen molar-refractivity contribution in [3.05, 3.63) is 96.4 Å². The molecule has 0 saturated heterocycles. The van der Waals surface area contributed by atoms with Gasteiger partial charge in [-0.05, 0) is 39.0 Å². The van der Waals surface area contributed by atoms with E-state index < -0.39 is 41.2 Å². The van der Waals surface area contributed by atoms with Crippen LogP contribution in [0.2, 0.25) is 0 Å². The van der Waals surface area contributed by atoms with Crippen LogP contribution in [0.5, 0.6) is 0 Å². The average molecular weight is 527 g/mol. The van der Waals surface area contributed by atoms with Crippen LogP contribution in [0, 0.1) is 11.6 Å². The fourth-order valence-corrected chi connectivity index (χ4v) is 5.24. The summed E-state index contributed by atoms with van der Waals surface area (Å²) in [5.74, 6) is -4.64. The number of ether oxygens (including phenoxy) is 2. The summed E-state index contributed by atoms with van der Waals surface area (Å²) in [5.41, 5.74) is 5.40. The maximum atomic E-state index is 15.1. The number of hydrogen-bond donors (Lipinski definition) is 1. The first-order chi connectivity index (χ1) is 17.6. The summed E-state index contributed by atoms with van der Waals surface area (Å²) >= 11 is 0.866. The third kappa shape index (κ3) is 4.84. The maximum absolute atomic E-state index is 15.1. The lowest BCUT2D eigenvalue weighted by Gasteiger charge is -2.27. The summed E-state index contributed by atoms with van der Waals surface area (Å²) in [6, 6.07) is 11.5. The van der Waals surface area contributed by atoms with Crippen molar-refractivity contribution in [2.75, 3.05) is 6.61 Å². The zero-order valence-corrected chi connectivity index (χ0v) is 21.1. The number of halogens is 2. The van der Waals surface area contributed by atoms with Crippen molar-refractivity contribution in [1.29, 1.82) is 0 Å². The molecule has 1 aromatic heterocycles. The molecule has 2 aromatic carbocycles. The molecule has 1 atom stereocenters. The lowest BCUT2D eigenvalue weighted by atomic mass is 9.83. The van der Waals surface area contributed by atoms with E-state index in [-0.39, 0.29) is 43.9 Å². The minimum Gasteiger partial charge on any atom is -0.463 e. The minimum absolute atomic E-state index is 0.0176. The van der Waals surface area contributed by atoms with Crippen molar-refractivity contribution in [2.45, 2.75) is 32.8 Å². The average Bonchev–Trinajstić information content (AvgIpc) is 3.16. The maximum Gasteiger partial charge on any atom is 0.338 e. The van der Waals surface area contributed by atoms with Crippen molar-refractivity contribution < 1.29 is 27.8 Å². The van der Waals surface area contributed by atoms with E-state index in [4.69, 9.17) is 15.2 Å². The predicted octanol–water partition coefficient (Wildman–Crippen LogP) is 2.61. The quantitative estimate of drug-likeness (QED) is 0.496. The number of hydrogen-bond acceptors (Lipinski definition) is 7. The Morgan fingerprint density at radius 3 is 2.32 bits per heavy atom. The highest BCUT2D eigenvalue weighted by Crippen LogP contribution is 2.39. The summed E-state index contributed by atoms with van der Waals surface area (Å²) in [4.78, 5) is 40.1. The smallest absolute Gasteiger partial charge is 0.338 e. The third-order valence-electron chi connectivity index (χ3n) is 5.61. The monoisotopic (exact) mass is 526 g/mol. The molecule has 0 spiro atoms. The summed E-state index contributed by atoms with van der Waals surface area (Å²) in [5, 5.41) is 0. The number of thiazole rings is 1. The summed E-state index contributed by atoms with van der Waals surface area (Å²) in [7, 11) is 0. The molecule has 0 unspecified atom stereocenters. The molecule has 0 aliphatic carbocycles. The first kappa shape index (κ1) is 26.0. The van der Waals surface area contributed by atoms with E-state index in [0.29, 0.717) is 0 Å². The van der Waals surface area contributed by atoms with Crippen LogP contribution in [0.15, 0.2) is 58.9 Å². The van der Waals surface area contributed by atoms with Gasteiger partial charge in [-0.15, -0.1) is 11.3 Å². The van der Waals surface area contributed by atoms with Crippen molar-refractivity contribution in [2.24, 2.45) is 5.73 Å². The van der Waals surface area contributed by atoms with Crippen molar-refractivity contribution >= 4 is 40.7 Å². The number of nitrogens with two attached hydrogens (primary N) is 1. The Morgan fingerprint density at radius 1 is 1.05 bits per heavy atom. The zero-order valence-electron chi connectivity index (χ0n) is 20.3. The van der Waals surface area contributed by atoms with Gasteiger partial charge in [-0.25, -0.2) is 18.4 Å². The van der Waals surface area contributed by atoms with Gasteiger partial charge in [0.15, 0.2) is 0 Å². The molecule has 0 radical (unpaired) electrons. The lowest BCUT2D eigenvalue weighted by molar-refractivity contribution is -0.140. The number of fused-ring (bicyclic) bond motifs is 1. The molecule has 0 saturated carbocycles. The highest BCUT2D eigenvalue weighted by Gasteiger charge is 2.41. The van der Waals surface area contributed by atoms with Gasteiger partial charge in [-0.1, -0.05) is 36.4 Å². The fraction of sp³-hybridized carbons (Fsp3) is 0.222. The topological polar surface area (TPSA) is 101 Å². The highest BCUT2D eigenvalue weighted by atomic mass is 32.1. The van der Waals surface area contributed by atoms with E-state index in [2.05, 4.69) is 0 Å². The van der Waals surface area contributed by atoms with Gasteiger partial charge >= 0.3 is 11.9 Å². The third-order valence-corrected chi connectivity index (χ3v) is 6.72. The summed E-state index contributed by atoms with van der Waals surface area (Å²) < 4.78 is 41.2. The minimum atomic E-state index is -1.31. The van der Waals surface area contributed by atoms with E-state index in [1.807, 2.05) is 0 Å². The van der Waals surface area contributed by atoms with Gasteiger partial charge in [0.25, 0.3) is 5.56 Å². The Kier molecular flexibility index (Phi) is 7.40. The van der Waals surface area contributed by atoms with Gasteiger partial charge in [-0.2, -0.15) is 0 Å². The molecular weight excluding hydrogens is 502 g/mol. The Labute approximate surface area is 214 Å². The normalized spacial score (nSPS) is 15.7. The first-order valence-electron chi connectivity index (χ1n) is 11.5. The predicted molar refractivity (Wildman–Crippen MR) is 136 cm³/mol. The van der Waals surface area contributed by atoms with Crippen LogP contribution in [0.3, 0.4) is 0 Å². The molecule has 0 fully saturated rings. The molecule has 37 heavy (non-hydrogen) atoms. The molecule has 192 valence electrons. The van der Waals surface area contributed by atoms with Gasteiger partial charge in [-0.3, -0.25) is 9.36 Å². The number of esters is 2.